The number of carbonyl (C=O) groups is 1. The summed E-state index contributed by atoms with van der Waals surface area (Å²) >= 11 is 0. The minimum absolute atomic E-state index is 0.00606. The maximum atomic E-state index is 12.5. The fraction of sp³-hybridized carbons (Fsp3) is 0.500. The van der Waals surface area contributed by atoms with Crippen LogP contribution in [0.15, 0.2) is 18.2 Å². The Morgan fingerprint density at radius 2 is 2.14 bits per heavy atom. The number of amides is 1. The summed E-state index contributed by atoms with van der Waals surface area (Å²) in [7, 11) is 1.36. The molecule has 0 bridgehead atoms. The van der Waals surface area contributed by atoms with Gasteiger partial charge in [-0.1, -0.05) is 0 Å². The molecular weight excluding hydrogens is 276 g/mol. The van der Waals surface area contributed by atoms with Gasteiger partial charge >= 0.3 is 0 Å². The lowest BCUT2D eigenvalue weighted by atomic mass is 10.1. The SMILES string of the molecule is COc1cc([N+](=O)[O-])ccc1C(=O)N(CCCO)C(C)C. The van der Waals surface area contributed by atoms with Crippen molar-refractivity contribution in [3.63, 3.8) is 0 Å². The molecule has 1 rings (SSSR count). The third-order valence-electron chi connectivity index (χ3n) is 3.07. The topological polar surface area (TPSA) is 92.9 Å². The fourth-order valence-electron chi connectivity index (χ4n) is 1.96. The number of nitro groups is 1. The van der Waals surface area contributed by atoms with E-state index in [1.165, 1.54) is 25.3 Å². The van der Waals surface area contributed by atoms with Crippen LogP contribution in [0.4, 0.5) is 5.69 Å². The highest BCUT2D eigenvalue weighted by atomic mass is 16.6. The minimum atomic E-state index is -0.539. The summed E-state index contributed by atoms with van der Waals surface area (Å²) in [6.07, 6.45) is 0.471. The Morgan fingerprint density at radius 3 is 2.62 bits per heavy atom. The second-order valence-corrected chi connectivity index (χ2v) is 4.81. The van der Waals surface area contributed by atoms with Crippen LogP contribution in [0.2, 0.25) is 0 Å². The van der Waals surface area contributed by atoms with E-state index in [1.807, 2.05) is 13.8 Å². The van der Waals surface area contributed by atoms with Crippen LogP contribution >= 0.6 is 0 Å². The highest BCUT2D eigenvalue weighted by Gasteiger charge is 2.23. The Labute approximate surface area is 123 Å². The molecular formula is C14H20N2O5. The molecule has 0 aromatic heterocycles. The lowest BCUT2D eigenvalue weighted by molar-refractivity contribution is -0.384. The maximum absolute atomic E-state index is 12.5. The van der Waals surface area contributed by atoms with Crippen molar-refractivity contribution < 1.29 is 19.6 Å². The van der Waals surface area contributed by atoms with Gasteiger partial charge in [0.05, 0.1) is 23.7 Å². The summed E-state index contributed by atoms with van der Waals surface area (Å²) in [5.74, 6) is -0.103. The van der Waals surface area contributed by atoms with Gasteiger partial charge in [-0.25, -0.2) is 0 Å². The fourth-order valence-corrected chi connectivity index (χ4v) is 1.96. The Morgan fingerprint density at radius 1 is 1.48 bits per heavy atom. The average Bonchev–Trinajstić information content (AvgIpc) is 2.46. The van der Waals surface area contributed by atoms with E-state index in [9.17, 15) is 14.9 Å². The second kappa shape index (κ2) is 7.58. The number of hydrogen-bond acceptors (Lipinski definition) is 5. The molecule has 7 nitrogen and oxygen atoms in total. The molecule has 116 valence electrons. The van der Waals surface area contributed by atoms with E-state index < -0.39 is 4.92 Å². The average molecular weight is 296 g/mol. The highest BCUT2D eigenvalue weighted by molar-refractivity contribution is 5.97. The predicted octanol–water partition coefficient (Wildman–Crippen LogP) is 1.84. The zero-order chi connectivity index (χ0) is 16.0. The van der Waals surface area contributed by atoms with E-state index in [4.69, 9.17) is 9.84 Å². The Kier molecular flexibility index (Phi) is 6.10. The lowest BCUT2D eigenvalue weighted by Gasteiger charge is -2.27. The van der Waals surface area contributed by atoms with Gasteiger partial charge in [0, 0.05) is 25.3 Å². The molecule has 1 amide bonds. The van der Waals surface area contributed by atoms with Crippen LogP contribution in [0.1, 0.15) is 30.6 Å². The van der Waals surface area contributed by atoms with Crippen LogP contribution in [0.3, 0.4) is 0 Å². The summed E-state index contributed by atoms with van der Waals surface area (Å²) in [4.78, 5) is 24.4. The Bertz CT molecular complexity index is 516. The van der Waals surface area contributed by atoms with Gasteiger partial charge in [-0.3, -0.25) is 14.9 Å². The quantitative estimate of drug-likeness (QED) is 0.612. The van der Waals surface area contributed by atoms with Gasteiger partial charge < -0.3 is 14.7 Å². The lowest BCUT2D eigenvalue weighted by Crippen LogP contribution is -2.38. The highest BCUT2D eigenvalue weighted by Crippen LogP contribution is 2.26. The van der Waals surface area contributed by atoms with Crippen LogP contribution < -0.4 is 4.74 Å². The van der Waals surface area contributed by atoms with E-state index in [0.29, 0.717) is 13.0 Å². The Balaban J connectivity index is 3.12. The van der Waals surface area contributed by atoms with Crippen molar-refractivity contribution in [2.45, 2.75) is 26.3 Å². The third-order valence-corrected chi connectivity index (χ3v) is 3.07. The molecule has 0 unspecified atom stereocenters. The number of aliphatic hydroxyl groups is 1. The Hall–Kier alpha value is -2.15. The molecule has 0 atom stereocenters. The third kappa shape index (κ3) is 4.16. The van der Waals surface area contributed by atoms with Gasteiger partial charge in [0.2, 0.25) is 0 Å². The van der Waals surface area contributed by atoms with Crippen molar-refractivity contribution in [3.8, 4) is 5.75 Å². The summed E-state index contributed by atoms with van der Waals surface area (Å²) in [6, 6.07) is 3.86. The van der Waals surface area contributed by atoms with Crippen molar-refractivity contribution in [2.24, 2.45) is 0 Å². The zero-order valence-electron chi connectivity index (χ0n) is 12.4. The monoisotopic (exact) mass is 296 g/mol. The molecule has 0 spiro atoms. The van der Waals surface area contributed by atoms with Gasteiger partial charge in [0.15, 0.2) is 0 Å². The molecule has 21 heavy (non-hydrogen) atoms. The van der Waals surface area contributed by atoms with Gasteiger partial charge in [0.1, 0.15) is 5.75 Å². The first-order chi connectivity index (χ1) is 9.92. The van der Waals surface area contributed by atoms with Crippen LogP contribution in [-0.4, -0.2) is 47.1 Å². The first kappa shape index (κ1) is 16.9. The molecule has 0 heterocycles. The number of nitrogens with zero attached hydrogens (tertiary/aromatic N) is 2. The van der Waals surface area contributed by atoms with Crippen molar-refractivity contribution in [3.05, 3.63) is 33.9 Å². The number of nitro benzene ring substituents is 1. The smallest absolute Gasteiger partial charge is 0.273 e. The molecule has 0 aliphatic rings. The van der Waals surface area contributed by atoms with Gasteiger partial charge in [-0.15, -0.1) is 0 Å². The van der Waals surface area contributed by atoms with Gasteiger partial charge in [-0.2, -0.15) is 0 Å². The maximum Gasteiger partial charge on any atom is 0.273 e. The van der Waals surface area contributed by atoms with Crippen LogP contribution in [0, 0.1) is 10.1 Å². The van der Waals surface area contributed by atoms with E-state index in [-0.39, 0.29) is 35.6 Å². The summed E-state index contributed by atoms with van der Waals surface area (Å²) in [5, 5.41) is 19.7. The molecule has 1 N–H and O–H groups in total. The first-order valence-corrected chi connectivity index (χ1v) is 6.66. The van der Waals surface area contributed by atoms with E-state index >= 15 is 0 Å². The van der Waals surface area contributed by atoms with E-state index in [1.54, 1.807) is 4.90 Å². The molecule has 0 radical (unpaired) electrons. The number of benzene rings is 1. The van der Waals surface area contributed by atoms with Crippen LogP contribution in [0.25, 0.3) is 0 Å². The van der Waals surface area contributed by atoms with Crippen LogP contribution in [-0.2, 0) is 0 Å². The predicted molar refractivity (Wildman–Crippen MR) is 77.5 cm³/mol. The molecule has 0 aliphatic carbocycles. The molecule has 0 saturated heterocycles. The summed E-state index contributed by atoms with van der Waals surface area (Å²) in [6.45, 7) is 4.14. The van der Waals surface area contributed by atoms with E-state index in [2.05, 4.69) is 0 Å². The molecule has 1 aromatic rings. The summed E-state index contributed by atoms with van der Waals surface area (Å²) < 4.78 is 5.09. The van der Waals surface area contributed by atoms with Crippen LogP contribution in [0.5, 0.6) is 5.75 Å². The molecule has 0 fully saturated rings. The second-order valence-electron chi connectivity index (χ2n) is 4.81. The standard InChI is InChI=1S/C14H20N2O5/c1-10(2)15(7-4-8-17)14(18)12-6-5-11(16(19)20)9-13(12)21-3/h5-6,9-10,17H,4,7-8H2,1-3H3. The molecule has 0 saturated carbocycles. The number of methoxy groups -OCH3 is 1. The molecule has 7 heteroatoms. The largest absolute Gasteiger partial charge is 0.496 e. The number of non-ortho nitro benzene ring substituents is 1. The van der Waals surface area contributed by atoms with Crippen molar-refractivity contribution in [2.75, 3.05) is 20.3 Å². The number of aliphatic hydroxyl groups excluding tert-OH is 1. The van der Waals surface area contributed by atoms with Crippen molar-refractivity contribution >= 4 is 11.6 Å². The van der Waals surface area contributed by atoms with Crippen molar-refractivity contribution in [1.82, 2.24) is 4.90 Å². The van der Waals surface area contributed by atoms with E-state index in [0.717, 1.165) is 0 Å². The normalized spacial score (nSPS) is 10.5. The van der Waals surface area contributed by atoms with Gasteiger partial charge in [-0.05, 0) is 26.3 Å². The molecule has 1 aromatic carbocycles. The molecule has 0 aliphatic heterocycles. The zero-order valence-corrected chi connectivity index (χ0v) is 12.4. The number of ether oxygens (including phenoxy) is 1. The summed E-state index contributed by atoms with van der Waals surface area (Å²) in [5.41, 5.74) is 0.143. The number of hydrogen-bond donors (Lipinski definition) is 1. The minimum Gasteiger partial charge on any atom is -0.496 e. The van der Waals surface area contributed by atoms with Gasteiger partial charge in [0.25, 0.3) is 11.6 Å². The number of carbonyl (C=O) groups excluding carboxylic acids is 1. The first-order valence-electron chi connectivity index (χ1n) is 6.66. The number of rotatable bonds is 7. The van der Waals surface area contributed by atoms with Crippen molar-refractivity contribution in [1.29, 1.82) is 0 Å².